The predicted octanol–water partition coefficient (Wildman–Crippen LogP) is 5.11. The third-order valence-corrected chi connectivity index (χ3v) is 6.33. The van der Waals surface area contributed by atoms with E-state index in [9.17, 15) is 9.59 Å². The fourth-order valence-corrected chi connectivity index (χ4v) is 4.58. The van der Waals surface area contributed by atoms with Crippen LogP contribution in [-0.2, 0) is 6.54 Å². The van der Waals surface area contributed by atoms with Crippen LogP contribution in [-0.4, -0.2) is 21.6 Å². The number of rotatable bonds is 5. The minimum absolute atomic E-state index is 0.237. The van der Waals surface area contributed by atoms with E-state index in [1.807, 2.05) is 23.7 Å². The fourth-order valence-electron chi connectivity index (χ4n) is 3.05. The highest BCUT2D eigenvalue weighted by molar-refractivity contribution is 7.20. The molecular formula is C21H16Cl2N4O2S. The zero-order valence-electron chi connectivity index (χ0n) is 15.8. The summed E-state index contributed by atoms with van der Waals surface area (Å²) in [4.78, 5) is 25.3. The Balaban J connectivity index is 1.59. The number of hydrogen-bond acceptors (Lipinski definition) is 4. The molecule has 0 aliphatic carbocycles. The number of benzene rings is 2. The summed E-state index contributed by atoms with van der Waals surface area (Å²) in [6.45, 7) is 2.37. The van der Waals surface area contributed by atoms with E-state index in [2.05, 4.69) is 10.4 Å². The fraction of sp³-hybridized carbons (Fsp3) is 0.0952. The molecule has 9 heteroatoms. The summed E-state index contributed by atoms with van der Waals surface area (Å²) in [7, 11) is 0. The smallest absolute Gasteiger partial charge is 0.265 e. The van der Waals surface area contributed by atoms with Gasteiger partial charge < -0.3 is 11.1 Å². The zero-order chi connectivity index (χ0) is 21.4. The summed E-state index contributed by atoms with van der Waals surface area (Å²) in [6, 6.07) is 13.6. The number of nitrogens with zero attached hydrogens (tertiary/aromatic N) is 2. The van der Waals surface area contributed by atoms with Gasteiger partial charge in [-0.3, -0.25) is 14.3 Å². The van der Waals surface area contributed by atoms with E-state index < -0.39 is 5.91 Å². The molecule has 0 aliphatic heterocycles. The maximum atomic E-state index is 12.7. The number of fused-ring (bicyclic) bond motifs is 1. The first kappa shape index (κ1) is 20.4. The van der Waals surface area contributed by atoms with Crippen molar-refractivity contribution in [1.82, 2.24) is 9.78 Å². The number of nitrogens with two attached hydrogens (primary N) is 1. The summed E-state index contributed by atoms with van der Waals surface area (Å²) in [5, 5.41) is 9.47. The minimum atomic E-state index is -0.516. The van der Waals surface area contributed by atoms with Gasteiger partial charge in [-0.1, -0.05) is 29.3 Å². The van der Waals surface area contributed by atoms with Gasteiger partial charge in [0, 0.05) is 26.7 Å². The normalized spacial score (nSPS) is 11.0. The summed E-state index contributed by atoms with van der Waals surface area (Å²) in [5.41, 5.74) is 7.92. The van der Waals surface area contributed by atoms with Crippen LogP contribution in [0.4, 0.5) is 5.69 Å². The first-order valence-electron chi connectivity index (χ1n) is 8.94. The highest BCUT2D eigenvalue weighted by atomic mass is 35.5. The Labute approximate surface area is 186 Å². The summed E-state index contributed by atoms with van der Waals surface area (Å²) < 4.78 is 1.84. The molecule has 152 valence electrons. The van der Waals surface area contributed by atoms with Crippen LogP contribution in [0, 0.1) is 6.92 Å². The highest BCUT2D eigenvalue weighted by Gasteiger charge is 2.17. The Hall–Kier alpha value is -2.87. The van der Waals surface area contributed by atoms with Crippen LogP contribution in [0.1, 0.15) is 31.3 Å². The predicted molar refractivity (Wildman–Crippen MR) is 121 cm³/mol. The summed E-state index contributed by atoms with van der Waals surface area (Å²) in [5.74, 6) is -0.753. The molecule has 2 heterocycles. The van der Waals surface area contributed by atoms with Gasteiger partial charge >= 0.3 is 0 Å². The largest absolute Gasteiger partial charge is 0.366 e. The molecule has 2 aromatic heterocycles. The van der Waals surface area contributed by atoms with Gasteiger partial charge in [-0.2, -0.15) is 5.10 Å². The van der Waals surface area contributed by atoms with Gasteiger partial charge in [-0.05, 0) is 55.0 Å². The number of carbonyl (C=O) groups excluding carboxylic acids is 2. The van der Waals surface area contributed by atoms with E-state index in [0.717, 1.165) is 21.5 Å². The zero-order valence-corrected chi connectivity index (χ0v) is 18.1. The topological polar surface area (TPSA) is 90.0 Å². The monoisotopic (exact) mass is 458 g/mol. The summed E-state index contributed by atoms with van der Waals surface area (Å²) in [6.07, 6.45) is 0. The number of nitrogens with one attached hydrogen (secondary N) is 1. The molecule has 4 rings (SSSR count). The van der Waals surface area contributed by atoms with Gasteiger partial charge in [0.05, 0.1) is 17.1 Å². The van der Waals surface area contributed by atoms with E-state index in [1.165, 1.54) is 11.3 Å². The molecule has 30 heavy (non-hydrogen) atoms. The Morgan fingerprint density at radius 3 is 2.53 bits per heavy atom. The van der Waals surface area contributed by atoms with Crippen LogP contribution in [0.3, 0.4) is 0 Å². The molecule has 6 nitrogen and oxygen atoms in total. The molecule has 4 aromatic rings. The molecule has 0 fully saturated rings. The second kappa shape index (κ2) is 8.10. The van der Waals surface area contributed by atoms with Gasteiger partial charge in [-0.25, -0.2) is 0 Å². The number of anilines is 1. The standard InChI is InChI=1S/C21H16Cl2N4O2S/c1-11-16-9-18(20(29)25-15-6-3-12(4-7-15)19(24)28)30-21(16)27(26-11)10-13-2-5-14(22)8-17(13)23/h2-9H,10H2,1H3,(H2,24,28)(H,25,29). The number of primary amides is 1. The lowest BCUT2D eigenvalue weighted by atomic mass is 10.2. The third kappa shape index (κ3) is 4.05. The lowest BCUT2D eigenvalue weighted by Gasteiger charge is -2.06. The van der Waals surface area contributed by atoms with Crippen LogP contribution in [0.25, 0.3) is 10.2 Å². The van der Waals surface area contributed by atoms with E-state index in [-0.39, 0.29) is 5.91 Å². The molecule has 0 bridgehead atoms. The molecule has 0 spiro atoms. The van der Waals surface area contributed by atoms with Crippen LogP contribution >= 0.6 is 34.5 Å². The number of aromatic nitrogens is 2. The second-order valence-electron chi connectivity index (χ2n) is 6.70. The van der Waals surface area contributed by atoms with E-state index in [1.54, 1.807) is 36.4 Å². The lowest BCUT2D eigenvalue weighted by molar-refractivity contribution is 0.0998. The van der Waals surface area contributed by atoms with Gasteiger partial charge in [0.1, 0.15) is 4.83 Å². The minimum Gasteiger partial charge on any atom is -0.366 e. The number of halogens is 2. The van der Waals surface area contributed by atoms with Crippen LogP contribution in [0.15, 0.2) is 48.5 Å². The molecule has 0 atom stereocenters. The van der Waals surface area contributed by atoms with E-state index >= 15 is 0 Å². The Morgan fingerprint density at radius 2 is 1.87 bits per heavy atom. The van der Waals surface area contributed by atoms with Crippen molar-refractivity contribution in [2.75, 3.05) is 5.32 Å². The van der Waals surface area contributed by atoms with Crippen molar-refractivity contribution in [3.05, 3.63) is 80.3 Å². The Kier molecular flexibility index (Phi) is 5.51. The van der Waals surface area contributed by atoms with E-state index in [4.69, 9.17) is 28.9 Å². The van der Waals surface area contributed by atoms with Crippen LogP contribution < -0.4 is 11.1 Å². The van der Waals surface area contributed by atoms with Crippen molar-refractivity contribution in [2.24, 2.45) is 5.73 Å². The SMILES string of the molecule is Cc1nn(Cc2ccc(Cl)cc2Cl)c2sc(C(=O)Nc3ccc(C(N)=O)cc3)cc12. The average Bonchev–Trinajstić information content (AvgIpc) is 3.26. The lowest BCUT2D eigenvalue weighted by Crippen LogP contribution is -2.12. The molecule has 0 radical (unpaired) electrons. The van der Waals surface area contributed by atoms with Crippen molar-refractivity contribution in [2.45, 2.75) is 13.5 Å². The second-order valence-corrected chi connectivity index (χ2v) is 8.58. The van der Waals surface area contributed by atoms with Crippen LogP contribution in [0.5, 0.6) is 0 Å². The number of hydrogen-bond donors (Lipinski definition) is 2. The van der Waals surface area contributed by atoms with Crippen molar-refractivity contribution >= 4 is 62.3 Å². The molecule has 0 saturated carbocycles. The third-order valence-electron chi connectivity index (χ3n) is 4.59. The Bertz CT molecular complexity index is 1280. The average molecular weight is 459 g/mol. The van der Waals surface area contributed by atoms with Crippen molar-refractivity contribution in [3.63, 3.8) is 0 Å². The quantitative estimate of drug-likeness (QED) is 0.435. The number of thiophene rings is 1. The van der Waals surface area contributed by atoms with Gasteiger partial charge in [0.25, 0.3) is 5.91 Å². The number of amides is 2. The molecule has 0 saturated heterocycles. The molecule has 2 amide bonds. The summed E-state index contributed by atoms with van der Waals surface area (Å²) >= 11 is 13.6. The first-order chi connectivity index (χ1) is 14.3. The molecule has 3 N–H and O–H groups in total. The van der Waals surface area contributed by atoms with Crippen molar-refractivity contribution in [3.8, 4) is 0 Å². The number of aryl methyl sites for hydroxylation is 1. The van der Waals surface area contributed by atoms with Crippen molar-refractivity contribution < 1.29 is 9.59 Å². The van der Waals surface area contributed by atoms with Crippen LogP contribution in [0.2, 0.25) is 10.0 Å². The van der Waals surface area contributed by atoms with Gasteiger partial charge in [0.2, 0.25) is 5.91 Å². The van der Waals surface area contributed by atoms with Gasteiger partial charge in [-0.15, -0.1) is 11.3 Å². The first-order valence-corrected chi connectivity index (χ1v) is 10.5. The molecule has 2 aromatic carbocycles. The van der Waals surface area contributed by atoms with E-state index in [0.29, 0.717) is 32.7 Å². The molecule has 0 aliphatic rings. The molecule has 0 unspecified atom stereocenters. The number of carbonyl (C=O) groups is 2. The van der Waals surface area contributed by atoms with Gasteiger partial charge in [0.15, 0.2) is 0 Å². The maximum absolute atomic E-state index is 12.7. The molecular weight excluding hydrogens is 443 g/mol. The maximum Gasteiger partial charge on any atom is 0.265 e. The Morgan fingerprint density at radius 1 is 1.13 bits per heavy atom. The highest BCUT2D eigenvalue weighted by Crippen LogP contribution is 2.30. The van der Waals surface area contributed by atoms with Crippen molar-refractivity contribution in [1.29, 1.82) is 0 Å².